The van der Waals surface area contributed by atoms with Crippen LogP contribution in [0.1, 0.15) is 37.8 Å². The quantitative estimate of drug-likeness (QED) is 0.774. The lowest BCUT2D eigenvalue weighted by atomic mass is 10.0. The first kappa shape index (κ1) is 14.2. The van der Waals surface area contributed by atoms with Crippen LogP contribution in [0.3, 0.4) is 0 Å². The Kier molecular flexibility index (Phi) is 4.32. The van der Waals surface area contributed by atoms with Crippen LogP contribution in [0.15, 0.2) is 12.1 Å². The molecule has 1 aliphatic rings. The summed E-state index contributed by atoms with van der Waals surface area (Å²) in [6.45, 7) is 8.39. The van der Waals surface area contributed by atoms with Crippen molar-refractivity contribution in [3.63, 3.8) is 0 Å². The number of fused-ring (bicyclic) bond motifs is 1. The molecule has 4 nitrogen and oxygen atoms in total. The fourth-order valence-electron chi connectivity index (χ4n) is 2.17. The largest absolute Gasteiger partial charge is 0.454 e. The van der Waals surface area contributed by atoms with Crippen molar-refractivity contribution in [3.05, 3.63) is 23.3 Å². The summed E-state index contributed by atoms with van der Waals surface area (Å²) in [6.07, 6.45) is 2.12. The van der Waals surface area contributed by atoms with Crippen LogP contribution in [0.5, 0.6) is 11.5 Å². The molecule has 0 radical (unpaired) electrons. The molecule has 0 spiro atoms. The zero-order valence-corrected chi connectivity index (χ0v) is 12.1. The normalized spacial score (nSPS) is 13.9. The van der Waals surface area contributed by atoms with Crippen LogP contribution in [0.25, 0.3) is 0 Å². The van der Waals surface area contributed by atoms with Gasteiger partial charge in [0.05, 0.1) is 0 Å². The van der Waals surface area contributed by atoms with Gasteiger partial charge in [-0.05, 0) is 63.4 Å². The average molecular weight is 264 g/mol. The molecule has 0 fully saturated rings. The van der Waals surface area contributed by atoms with E-state index in [1.807, 2.05) is 6.07 Å². The molecule has 19 heavy (non-hydrogen) atoms. The molecule has 2 rings (SSSR count). The number of rotatable bonds is 6. The van der Waals surface area contributed by atoms with E-state index in [0.29, 0.717) is 6.79 Å². The van der Waals surface area contributed by atoms with Gasteiger partial charge in [-0.2, -0.15) is 0 Å². The third-order valence-electron chi connectivity index (χ3n) is 3.32. The molecule has 0 saturated carbocycles. The van der Waals surface area contributed by atoms with Gasteiger partial charge in [0, 0.05) is 12.1 Å². The minimum absolute atomic E-state index is 0.0731. The Morgan fingerprint density at radius 3 is 2.63 bits per heavy atom. The Labute approximate surface area is 115 Å². The molecule has 0 aromatic heterocycles. The molecule has 0 bridgehead atoms. The molecule has 106 valence electrons. The standard InChI is InChI=1S/C15H24N2O2/c1-11-7-13-14(19-10-18-13)8-12(11)9-17-6-4-5-15(2,3)16/h7-8,17H,4-6,9-10,16H2,1-3H3. The summed E-state index contributed by atoms with van der Waals surface area (Å²) in [5, 5.41) is 3.45. The minimum Gasteiger partial charge on any atom is -0.454 e. The first-order valence-corrected chi connectivity index (χ1v) is 6.84. The molecule has 1 aliphatic heterocycles. The fraction of sp³-hybridized carbons (Fsp3) is 0.600. The second-order valence-corrected chi connectivity index (χ2v) is 5.90. The van der Waals surface area contributed by atoms with Crippen molar-refractivity contribution >= 4 is 0 Å². The maximum atomic E-state index is 5.96. The van der Waals surface area contributed by atoms with E-state index in [1.165, 1.54) is 11.1 Å². The van der Waals surface area contributed by atoms with Gasteiger partial charge in [-0.25, -0.2) is 0 Å². The van der Waals surface area contributed by atoms with Gasteiger partial charge >= 0.3 is 0 Å². The van der Waals surface area contributed by atoms with E-state index in [1.54, 1.807) is 0 Å². The van der Waals surface area contributed by atoms with Crippen molar-refractivity contribution in [2.45, 2.75) is 45.7 Å². The molecule has 4 heteroatoms. The second-order valence-electron chi connectivity index (χ2n) is 5.90. The summed E-state index contributed by atoms with van der Waals surface area (Å²) in [5.41, 5.74) is 8.38. The highest BCUT2D eigenvalue weighted by atomic mass is 16.7. The van der Waals surface area contributed by atoms with Crippen molar-refractivity contribution in [3.8, 4) is 11.5 Å². The smallest absolute Gasteiger partial charge is 0.231 e. The summed E-state index contributed by atoms with van der Waals surface area (Å²) in [6, 6.07) is 4.11. The van der Waals surface area contributed by atoms with Gasteiger partial charge in [-0.1, -0.05) is 0 Å². The molecular formula is C15H24N2O2. The molecule has 1 aromatic rings. The Hall–Kier alpha value is -1.26. The van der Waals surface area contributed by atoms with E-state index in [9.17, 15) is 0 Å². The van der Waals surface area contributed by atoms with Crippen LogP contribution in [0, 0.1) is 6.92 Å². The predicted octanol–water partition coefficient (Wildman–Crippen LogP) is 2.33. The monoisotopic (exact) mass is 264 g/mol. The Morgan fingerprint density at radius 1 is 1.26 bits per heavy atom. The molecule has 0 atom stereocenters. The maximum Gasteiger partial charge on any atom is 0.231 e. The average Bonchev–Trinajstić information content (AvgIpc) is 2.74. The van der Waals surface area contributed by atoms with Crippen LogP contribution in [-0.2, 0) is 6.54 Å². The summed E-state index contributed by atoms with van der Waals surface area (Å²) in [4.78, 5) is 0. The molecule has 0 aliphatic carbocycles. The van der Waals surface area contributed by atoms with Crippen LogP contribution in [0.2, 0.25) is 0 Å². The lowest BCUT2D eigenvalue weighted by molar-refractivity contribution is 0.174. The van der Waals surface area contributed by atoms with E-state index in [4.69, 9.17) is 15.2 Å². The Balaban J connectivity index is 1.80. The number of aryl methyl sites for hydroxylation is 1. The highest BCUT2D eigenvalue weighted by molar-refractivity contribution is 5.48. The van der Waals surface area contributed by atoms with Gasteiger partial charge in [0.25, 0.3) is 0 Å². The van der Waals surface area contributed by atoms with Crippen molar-refractivity contribution in [2.24, 2.45) is 5.73 Å². The summed E-state index contributed by atoms with van der Waals surface area (Å²) in [5.74, 6) is 1.71. The lowest BCUT2D eigenvalue weighted by Gasteiger charge is -2.18. The number of benzene rings is 1. The number of hydrogen-bond donors (Lipinski definition) is 2. The summed E-state index contributed by atoms with van der Waals surface area (Å²) < 4.78 is 10.8. The number of nitrogens with one attached hydrogen (secondary N) is 1. The van der Waals surface area contributed by atoms with E-state index < -0.39 is 0 Å². The predicted molar refractivity (Wildman–Crippen MR) is 76.5 cm³/mol. The summed E-state index contributed by atoms with van der Waals surface area (Å²) >= 11 is 0. The number of hydrogen-bond acceptors (Lipinski definition) is 4. The molecule has 0 unspecified atom stereocenters. The zero-order chi connectivity index (χ0) is 13.9. The third kappa shape index (κ3) is 4.11. The van der Waals surface area contributed by atoms with Gasteiger partial charge in [-0.15, -0.1) is 0 Å². The highest BCUT2D eigenvalue weighted by Gasteiger charge is 2.15. The van der Waals surface area contributed by atoms with Crippen LogP contribution >= 0.6 is 0 Å². The summed E-state index contributed by atoms with van der Waals surface area (Å²) in [7, 11) is 0. The van der Waals surface area contributed by atoms with Gasteiger partial charge in [0.2, 0.25) is 6.79 Å². The number of ether oxygens (including phenoxy) is 2. The van der Waals surface area contributed by atoms with Crippen LogP contribution in [-0.4, -0.2) is 18.9 Å². The molecule has 0 amide bonds. The SMILES string of the molecule is Cc1cc2c(cc1CNCCCC(C)(C)N)OCO2. The third-order valence-corrected chi connectivity index (χ3v) is 3.32. The molecular weight excluding hydrogens is 240 g/mol. The molecule has 1 heterocycles. The first-order valence-electron chi connectivity index (χ1n) is 6.84. The lowest BCUT2D eigenvalue weighted by Crippen LogP contribution is -2.32. The van der Waals surface area contributed by atoms with Crippen molar-refractivity contribution in [2.75, 3.05) is 13.3 Å². The van der Waals surface area contributed by atoms with Crippen LogP contribution < -0.4 is 20.5 Å². The van der Waals surface area contributed by atoms with Gasteiger partial charge < -0.3 is 20.5 Å². The molecule has 1 aromatic carbocycles. The molecule has 3 N–H and O–H groups in total. The van der Waals surface area contributed by atoms with E-state index in [0.717, 1.165) is 37.4 Å². The van der Waals surface area contributed by atoms with Crippen LogP contribution in [0.4, 0.5) is 0 Å². The Morgan fingerprint density at radius 2 is 1.95 bits per heavy atom. The topological polar surface area (TPSA) is 56.5 Å². The van der Waals surface area contributed by atoms with Gasteiger partial charge in [0.1, 0.15) is 0 Å². The fourth-order valence-corrected chi connectivity index (χ4v) is 2.17. The van der Waals surface area contributed by atoms with E-state index in [2.05, 4.69) is 32.2 Å². The van der Waals surface area contributed by atoms with Crippen molar-refractivity contribution in [1.82, 2.24) is 5.32 Å². The Bertz CT molecular complexity index is 439. The van der Waals surface area contributed by atoms with E-state index >= 15 is 0 Å². The molecule has 0 saturated heterocycles. The highest BCUT2D eigenvalue weighted by Crippen LogP contribution is 2.34. The maximum absolute atomic E-state index is 5.96. The second kappa shape index (κ2) is 5.80. The number of nitrogens with two attached hydrogens (primary N) is 1. The van der Waals surface area contributed by atoms with Crippen molar-refractivity contribution in [1.29, 1.82) is 0 Å². The minimum atomic E-state index is -0.0731. The van der Waals surface area contributed by atoms with Gasteiger partial charge in [-0.3, -0.25) is 0 Å². The van der Waals surface area contributed by atoms with Gasteiger partial charge in [0.15, 0.2) is 11.5 Å². The van der Waals surface area contributed by atoms with Crippen molar-refractivity contribution < 1.29 is 9.47 Å². The van der Waals surface area contributed by atoms with E-state index in [-0.39, 0.29) is 5.54 Å². The first-order chi connectivity index (χ1) is 8.96. The zero-order valence-electron chi connectivity index (χ0n) is 12.1.